The third-order valence-corrected chi connectivity index (χ3v) is 6.87. The van der Waals surface area contributed by atoms with Crippen LogP contribution in [0.4, 0.5) is 24.3 Å². The zero-order chi connectivity index (χ0) is 23.6. The smallest absolute Gasteiger partial charge is 0.392 e. The van der Waals surface area contributed by atoms with Gasteiger partial charge in [-0.05, 0) is 50.7 Å². The number of ether oxygens (including phenoxy) is 1. The number of aryl methyl sites for hydroxylation is 1. The monoisotopic (exact) mass is 483 g/mol. The molecule has 0 saturated heterocycles. The summed E-state index contributed by atoms with van der Waals surface area (Å²) >= 11 is 1.42. The van der Waals surface area contributed by atoms with Crippen LogP contribution in [-0.4, -0.2) is 55.9 Å². The average molecular weight is 484 g/mol. The first kappa shape index (κ1) is 23.5. The quantitative estimate of drug-likeness (QED) is 0.477. The maximum atomic E-state index is 12.5. The second-order valence-corrected chi connectivity index (χ2v) is 9.17. The van der Waals surface area contributed by atoms with Crippen LogP contribution in [0.25, 0.3) is 5.65 Å². The van der Waals surface area contributed by atoms with E-state index in [-0.39, 0.29) is 11.8 Å². The molecule has 0 spiro atoms. The predicted molar refractivity (Wildman–Crippen MR) is 121 cm³/mol. The van der Waals surface area contributed by atoms with Crippen LogP contribution in [0.1, 0.15) is 38.9 Å². The molecule has 3 atom stereocenters. The van der Waals surface area contributed by atoms with E-state index in [1.165, 1.54) is 16.0 Å². The number of anilines is 2. The van der Waals surface area contributed by atoms with Crippen LogP contribution in [0, 0.1) is 18.8 Å². The Hall–Kier alpha value is -2.63. The molecule has 0 aliphatic heterocycles. The Bertz CT molecular complexity index is 1070. The summed E-state index contributed by atoms with van der Waals surface area (Å²) < 4.78 is 48.6. The van der Waals surface area contributed by atoms with Crippen molar-refractivity contribution in [3.8, 4) is 5.75 Å². The fourth-order valence-corrected chi connectivity index (χ4v) is 5.03. The standard InChI is InChI=1S/C21H28F3N7OS/c1-4-30(20-25-14(3)29-33-20)12-15-8-7-13(2)17(15)26-19-27-18-16(6-5-10-31(18)28-19)32-11-9-21(22,23)24/h5-6,10,13,15,17H,4,7-9,11-12H2,1-3H3,(H,26,28)/t13-,15-,17+/m0/s1. The van der Waals surface area contributed by atoms with Crippen LogP contribution in [0.15, 0.2) is 18.3 Å². The van der Waals surface area contributed by atoms with E-state index in [2.05, 4.69) is 43.5 Å². The SMILES string of the molecule is CCN(C[C@@H]1CC[C@H](C)[C@H]1Nc1nc2c(OCCC(F)(F)F)cccn2n1)c1nc(C)ns1. The minimum atomic E-state index is -4.27. The van der Waals surface area contributed by atoms with E-state index in [1.807, 2.05) is 6.92 Å². The van der Waals surface area contributed by atoms with Crippen LogP contribution < -0.4 is 15.0 Å². The highest BCUT2D eigenvalue weighted by Gasteiger charge is 2.35. The fraction of sp³-hybridized carbons (Fsp3) is 0.619. The summed E-state index contributed by atoms with van der Waals surface area (Å²) in [5, 5.41) is 8.90. The number of hydrogen-bond acceptors (Lipinski definition) is 8. The first-order chi connectivity index (χ1) is 15.7. The largest absolute Gasteiger partial charge is 0.489 e. The Morgan fingerprint density at radius 1 is 1.30 bits per heavy atom. The number of alkyl halides is 3. The third kappa shape index (κ3) is 5.66. The number of nitrogens with zero attached hydrogens (tertiary/aromatic N) is 6. The highest BCUT2D eigenvalue weighted by atomic mass is 32.1. The highest BCUT2D eigenvalue weighted by molar-refractivity contribution is 7.09. The van der Waals surface area contributed by atoms with Crippen LogP contribution >= 0.6 is 11.5 Å². The van der Waals surface area contributed by atoms with E-state index in [0.29, 0.717) is 23.4 Å². The van der Waals surface area contributed by atoms with Crippen molar-refractivity contribution >= 4 is 28.3 Å². The molecule has 0 radical (unpaired) electrons. The van der Waals surface area contributed by atoms with E-state index in [4.69, 9.17) is 4.74 Å². The van der Waals surface area contributed by atoms with Crippen LogP contribution in [0.5, 0.6) is 5.75 Å². The lowest BCUT2D eigenvalue weighted by molar-refractivity contribution is -0.139. The van der Waals surface area contributed by atoms with Crippen molar-refractivity contribution in [2.75, 3.05) is 29.9 Å². The van der Waals surface area contributed by atoms with Gasteiger partial charge in [0.15, 0.2) is 11.4 Å². The third-order valence-electron chi connectivity index (χ3n) is 6.00. The Balaban J connectivity index is 1.47. The molecule has 0 amide bonds. The van der Waals surface area contributed by atoms with E-state index in [0.717, 1.165) is 36.9 Å². The molecule has 1 saturated carbocycles. The van der Waals surface area contributed by atoms with E-state index < -0.39 is 19.2 Å². The molecule has 12 heteroatoms. The van der Waals surface area contributed by atoms with E-state index >= 15 is 0 Å². The number of pyridine rings is 1. The van der Waals surface area contributed by atoms with Crippen LogP contribution in [0.2, 0.25) is 0 Å². The van der Waals surface area contributed by atoms with Gasteiger partial charge in [0, 0.05) is 36.9 Å². The molecule has 0 aromatic carbocycles. The van der Waals surface area contributed by atoms with Crippen molar-refractivity contribution in [3.63, 3.8) is 0 Å². The van der Waals surface area contributed by atoms with Gasteiger partial charge in [0.1, 0.15) is 5.82 Å². The summed E-state index contributed by atoms with van der Waals surface area (Å²) in [5.74, 6) is 2.31. The lowest BCUT2D eigenvalue weighted by Gasteiger charge is -2.29. The van der Waals surface area contributed by atoms with Crippen LogP contribution in [-0.2, 0) is 0 Å². The Labute approximate surface area is 194 Å². The maximum Gasteiger partial charge on any atom is 0.392 e. The Morgan fingerprint density at radius 3 is 2.82 bits per heavy atom. The number of rotatable bonds is 9. The first-order valence-electron chi connectivity index (χ1n) is 11.1. The highest BCUT2D eigenvalue weighted by Crippen LogP contribution is 2.35. The minimum absolute atomic E-state index is 0.167. The van der Waals surface area contributed by atoms with Crippen molar-refractivity contribution in [3.05, 3.63) is 24.2 Å². The first-order valence-corrected chi connectivity index (χ1v) is 11.9. The number of nitrogens with one attached hydrogen (secondary N) is 1. The van der Waals surface area contributed by atoms with Gasteiger partial charge in [0.05, 0.1) is 13.0 Å². The second-order valence-electron chi connectivity index (χ2n) is 8.44. The van der Waals surface area contributed by atoms with Gasteiger partial charge in [-0.2, -0.15) is 22.5 Å². The van der Waals surface area contributed by atoms with Gasteiger partial charge < -0.3 is 15.0 Å². The molecule has 0 bridgehead atoms. The molecule has 3 heterocycles. The van der Waals surface area contributed by atoms with Crippen molar-refractivity contribution in [1.82, 2.24) is 24.0 Å². The molecule has 1 N–H and O–H groups in total. The second kappa shape index (κ2) is 9.70. The molecule has 1 aliphatic rings. The van der Waals surface area contributed by atoms with Gasteiger partial charge >= 0.3 is 6.18 Å². The topological polar surface area (TPSA) is 80.5 Å². The van der Waals surface area contributed by atoms with Crippen molar-refractivity contribution in [2.24, 2.45) is 11.8 Å². The molecule has 3 aromatic heterocycles. The lowest BCUT2D eigenvalue weighted by atomic mass is 9.98. The van der Waals surface area contributed by atoms with Gasteiger partial charge in [-0.3, -0.25) is 0 Å². The summed E-state index contributed by atoms with van der Waals surface area (Å²) in [6.07, 6.45) is -1.41. The molecule has 0 unspecified atom stereocenters. The number of fused-ring (bicyclic) bond motifs is 1. The van der Waals surface area contributed by atoms with Crippen molar-refractivity contribution < 1.29 is 17.9 Å². The van der Waals surface area contributed by atoms with E-state index in [1.54, 1.807) is 18.3 Å². The van der Waals surface area contributed by atoms with Gasteiger partial charge in [-0.15, -0.1) is 5.10 Å². The molecule has 180 valence electrons. The molecule has 1 fully saturated rings. The minimum Gasteiger partial charge on any atom is -0.489 e. The lowest BCUT2D eigenvalue weighted by Crippen LogP contribution is -2.38. The number of hydrogen-bond donors (Lipinski definition) is 1. The maximum absolute atomic E-state index is 12.5. The van der Waals surface area contributed by atoms with Gasteiger partial charge in [0.2, 0.25) is 11.1 Å². The molecular formula is C21H28F3N7OS. The zero-order valence-electron chi connectivity index (χ0n) is 18.8. The number of halogens is 3. The predicted octanol–water partition coefficient (Wildman–Crippen LogP) is 4.57. The normalized spacial score (nSPS) is 21.0. The zero-order valence-corrected chi connectivity index (χ0v) is 19.7. The molecule has 3 aromatic rings. The average Bonchev–Trinajstić information content (AvgIpc) is 3.45. The summed E-state index contributed by atoms with van der Waals surface area (Å²) in [5.41, 5.74) is 0.392. The molecular weight excluding hydrogens is 455 g/mol. The van der Waals surface area contributed by atoms with Crippen molar-refractivity contribution in [1.29, 1.82) is 0 Å². The summed E-state index contributed by atoms with van der Waals surface area (Å²) in [6, 6.07) is 3.45. The Kier molecular flexibility index (Phi) is 6.91. The molecule has 8 nitrogen and oxygen atoms in total. The molecule has 1 aliphatic carbocycles. The van der Waals surface area contributed by atoms with Crippen LogP contribution in [0.3, 0.4) is 0 Å². The summed E-state index contributed by atoms with van der Waals surface area (Å²) in [7, 11) is 0. The summed E-state index contributed by atoms with van der Waals surface area (Å²) in [6.45, 7) is 7.46. The van der Waals surface area contributed by atoms with E-state index in [9.17, 15) is 13.2 Å². The van der Waals surface area contributed by atoms with Gasteiger partial charge in [0.25, 0.3) is 0 Å². The fourth-order valence-electron chi connectivity index (χ4n) is 4.29. The summed E-state index contributed by atoms with van der Waals surface area (Å²) in [4.78, 5) is 11.3. The van der Waals surface area contributed by atoms with Gasteiger partial charge in [-0.25, -0.2) is 9.50 Å². The van der Waals surface area contributed by atoms with Crippen molar-refractivity contribution in [2.45, 2.75) is 52.3 Å². The number of aromatic nitrogens is 5. The molecule has 4 rings (SSSR count). The molecule has 33 heavy (non-hydrogen) atoms. The Morgan fingerprint density at radius 2 is 2.12 bits per heavy atom. The van der Waals surface area contributed by atoms with Gasteiger partial charge in [-0.1, -0.05) is 6.92 Å².